The van der Waals surface area contributed by atoms with Gasteiger partial charge in [-0.05, 0) is 42.0 Å². The molecule has 0 saturated heterocycles. The number of rotatable bonds is 8. The van der Waals surface area contributed by atoms with Gasteiger partial charge in [-0.15, -0.1) is 23.5 Å². The van der Waals surface area contributed by atoms with E-state index < -0.39 is 0 Å². The molecule has 0 saturated carbocycles. The Labute approximate surface area is 155 Å². The minimum absolute atomic E-state index is 0.0701. The third kappa shape index (κ3) is 7.53. The fourth-order valence-corrected chi connectivity index (χ4v) is 3.62. The van der Waals surface area contributed by atoms with Crippen molar-refractivity contribution in [2.45, 2.75) is 10.6 Å². The number of thioether (sulfide) groups is 2. The van der Waals surface area contributed by atoms with Crippen molar-refractivity contribution in [1.29, 1.82) is 0 Å². The third-order valence-corrected chi connectivity index (χ3v) is 5.44. The molecule has 0 heterocycles. The Bertz CT molecular complexity index is 617. The standard InChI is InChI=1S/C17H17Cl2NOS2/c18-14-3-1-13(2-4-14)11-22-12-17(21)20-9-10-23-16-7-5-15(19)6-8-16/h1-8H,9-12H2,(H,20,21). The first kappa shape index (κ1) is 18.5. The van der Waals surface area contributed by atoms with Gasteiger partial charge in [0.25, 0.3) is 0 Å². The molecule has 0 fully saturated rings. The van der Waals surface area contributed by atoms with Crippen LogP contribution in [0.2, 0.25) is 10.0 Å². The van der Waals surface area contributed by atoms with Crippen LogP contribution in [0.15, 0.2) is 53.4 Å². The van der Waals surface area contributed by atoms with Gasteiger partial charge in [0.05, 0.1) is 5.75 Å². The fraction of sp³-hybridized carbons (Fsp3) is 0.235. The molecule has 1 N–H and O–H groups in total. The van der Waals surface area contributed by atoms with E-state index in [9.17, 15) is 4.79 Å². The van der Waals surface area contributed by atoms with Crippen molar-refractivity contribution in [3.8, 4) is 0 Å². The summed E-state index contributed by atoms with van der Waals surface area (Å²) in [5.41, 5.74) is 1.17. The highest BCUT2D eigenvalue weighted by Crippen LogP contribution is 2.19. The Morgan fingerprint density at radius 3 is 2.22 bits per heavy atom. The maximum atomic E-state index is 11.8. The van der Waals surface area contributed by atoms with Gasteiger partial charge in [-0.2, -0.15) is 0 Å². The monoisotopic (exact) mass is 385 g/mol. The molecule has 2 rings (SSSR count). The van der Waals surface area contributed by atoms with Gasteiger partial charge in [-0.3, -0.25) is 4.79 Å². The summed E-state index contributed by atoms with van der Waals surface area (Å²) in [5, 5.41) is 4.40. The van der Waals surface area contributed by atoms with Gasteiger partial charge in [-0.1, -0.05) is 35.3 Å². The largest absolute Gasteiger partial charge is 0.355 e. The van der Waals surface area contributed by atoms with Gasteiger partial charge in [0.2, 0.25) is 5.91 Å². The maximum absolute atomic E-state index is 11.8. The van der Waals surface area contributed by atoms with E-state index in [0.29, 0.717) is 12.3 Å². The number of hydrogen-bond donors (Lipinski definition) is 1. The molecule has 122 valence electrons. The fourth-order valence-electron chi connectivity index (χ4n) is 1.78. The molecule has 0 bridgehead atoms. The first-order valence-corrected chi connectivity index (χ1v) is 10.0. The molecule has 2 aromatic carbocycles. The summed E-state index contributed by atoms with van der Waals surface area (Å²) >= 11 is 15.0. The predicted octanol–water partition coefficient (Wildman–Crippen LogP) is 5.14. The van der Waals surface area contributed by atoms with Crippen molar-refractivity contribution in [3.05, 3.63) is 64.1 Å². The molecule has 0 spiro atoms. The highest BCUT2D eigenvalue weighted by molar-refractivity contribution is 7.99. The predicted molar refractivity (Wildman–Crippen MR) is 103 cm³/mol. The molecule has 0 unspecified atom stereocenters. The lowest BCUT2D eigenvalue weighted by Gasteiger charge is -2.06. The Morgan fingerprint density at radius 2 is 1.57 bits per heavy atom. The van der Waals surface area contributed by atoms with Crippen molar-refractivity contribution < 1.29 is 4.79 Å². The van der Waals surface area contributed by atoms with Gasteiger partial charge in [0.15, 0.2) is 0 Å². The van der Waals surface area contributed by atoms with Crippen LogP contribution in [0.1, 0.15) is 5.56 Å². The van der Waals surface area contributed by atoms with E-state index in [1.807, 2.05) is 48.5 Å². The summed E-state index contributed by atoms with van der Waals surface area (Å²) in [5.74, 6) is 2.19. The van der Waals surface area contributed by atoms with Crippen LogP contribution in [0, 0.1) is 0 Å². The first-order valence-electron chi connectivity index (χ1n) is 7.11. The minimum Gasteiger partial charge on any atom is -0.355 e. The molecule has 1 amide bonds. The Hall–Kier alpha value is -0.810. The van der Waals surface area contributed by atoms with Gasteiger partial charge >= 0.3 is 0 Å². The molecule has 0 aromatic heterocycles. The van der Waals surface area contributed by atoms with E-state index in [1.54, 1.807) is 23.5 Å². The molecule has 0 radical (unpaired) electrons. The highest BCUT2D eigenvalue weighted by Gasteiger charge is 2.02. The van der Waals surface area contributed by atoms with Gasteiger partial charge in [-0.25, -0.2) is 0 Å². The number of halogens is 2. The van der Waals surface area contributed by atoms with E-state index in [1.165, 1.54) is 5.56 Å². The lowest BCUT2D eigenvalue weighted by atomic mass is 10.2. The van der Waals surface area contributed by atoms with Gasteiger partial charge < -0.3 is 5.32 Å². The molecule has 0 aliphatic rings. The molecule has 2 aromatic rings. The maximum Gasteiger partial charge on any atom is 0.230 e. The Morgan fingerprint density at radius 1 is 0.957 bits per heavy atom. The van der Waals surface area contributed by atoms with Crippen molar-refractivity contribution >= 4 is 52.6 Å². The molecule has 6 heteroatoms. The van der Waals surface area contributed by atoms with Crippen LogP contribution in [0.4, 0.5) is 0 Å². The summed E-state index contributed by atoms with van der Waals surface area (Å²) in [6.45, 7) is 0.660. The minimum atomic E-state index is 0.0701. The average Bonchev–Trinajstić information content (AvgIpc) is 2.55. The van der Waals surface area contributed by atoms with Crippen molar-refractivity contribution in [2.75, 3.05) is 18.1 Å². The molecule has 23 heavy (non-hydrogen) atoms. The molecule has 0 aliphatic heterocycles. The van der Waals surface area contributed by atoms with Gasteiger partial charge in [0, 0.05) is 33.0 Å². The summed E-state index contributed by atoms with van der Waals surface area (Å²) in [4.78, 5) is 12.9. The number of carbonyl (C=O) groups is 1. The summed E-state index contributed by atoms with van der Waals surface area (Å²) in [6, 6.07) is 15.4. The van der Waals surface area contributed by atoms with E-state index in [2.05, 4.69) is 5.32 Å². The second-order valence-corrected chi connectivity index (χ2v) is 7.80. The van der Waals surface area contributed by atoms with Gasteiger partial charge in [0.1, 0.15) is 0 Å². The van der Waals surface area contributed by atoms with Crippen LogP contribution in [0.25, 0.3) is 0 Å². The SMILES string of the molecule is O=C(CSCc1ccc(Cl)cc1)NCCSc1ccc(Cl)cc1. The van der Waals surface area contributed by atoms with Crippen molar-refractivity contribution in [3.63, 3.8) is 0 Å². The number of benzene rings is 2. The number of amides is 1. The molecule has 0 atom stereocenters. The van der Waals surface area contributed by atoms with Crippen molar-refractivity contribution in [2.24, 2.45) is 0 Å². The average molecular weight is 386 g/mol. The molecular formula is C17H17Cl2NOS2. The topological polar surface area (TPSA) is 29.1 Å². The van der Waals surface area contributed by atoms with Crippen LogP contribution in [-0.2, 0) is 10.5 Å². The Balaban J connectivity index is 1.56. The van der Waals surface area contributed by atoms with Crippen molar-refractivity contribution in [1.82, 2.24) is 5.32 Å². The smallest absolute Gasteiger partial charge is 0.230 e. The zero-order valence-corrected chi connectivity index (χ0v) is 15.6. The summed E-state index contributed by atoms with van der Waals surface area (Å²) in [6.07, 6.45) is 0. The Kier molecular flexibility index (Phi) is 8.17. The quantitative estimate of drug-likeness (QED) is 0.503. The van der Waals surface area contributed by atoms with E-state index >= 15 is 0 Å². The van der Waals surface area contributed by atoms with Crippen LogP contribution in [0.5, 0.6) is 0 Å². The molecular weight excluding hydrogens is 369 g/mol. The van der Waals surface area contributed by atoms with Crippen LogP contribution in [0.3, 0.4) is 0 Å². The number of nitrogens with one attached hydrogen (secondary N) is 1. The highest BCUT2D eigenvalue weighted by atomic mass is 35.5. The summed E-state index contributed by atoms with van der Waals surface area (Å²) in [7, 11) is 0. The number of hydrogen-bond acceptors (Lipinski definition) is 3. The molecule has 2 nitrogen and oxygen atoms in total. The van der Waals surface area contributed by atoms with Crippen LogP contribution in [-0.4, -0.2) is 24.0 Å². The van der Waals surface area contributed by atoms with Crippen LogP contribution < -0.4 is 5.32 Å². The zero-order valence-electron chi connectivity index (χ0n) is 12.4. The normalized spacial score (nSPS) is 10.5. The second-order valence-electron chi connectivity index (χ2n) is 4.77. The third-order valence-electron chi connectivity index (χ3n) is 2.92. The van der Waals surface area contributed by atoms with E-state index in [-0.39, 0.29) is 5.91 Å². The lowest BCUT2D eigenvalue weighted by molar-refractivity contribution is -0.118. The zero-order chi connectivity index (χ0) is 16.5. The summed E-state index contributed by atoms with van der Waals surface area (Å²) < 4.78 is 0. The van der Waals surface area contributed by atoms with Crippen LogP contribution >= 0.6 is 46.7 Å². The molecule has 0 aliphatic carbocycles. The number of carbonyl (C=O) groups excluding carboxylic acids is 1. The first-order chi connectivity index (χ1) is 11.1. The van der Waals surface area contributed by atoms with E-state index in [0.717, 1.165) is 26.4 Å². The lowest BCUT2D eigenvalue weighted by Crippen LogP contribution is -2.27. The second kappa shape index (κ2) is 10.1. The van der Waals surface area contributed by atoms with E-state index in [4.69, 9.17) is 23.2 Å².